The molecule has 16 heavy (non-hydrogen) atoms. The van der Waals surface area contributed by atoms with Crippen LogP contribution in [-0.2, 0) is 9.59 Å². The number of hydrogen-bond donors (Lipinski definition) is 3. The minimum atomic E-state index is -0.121. The third-order valence-electron chi connectivity index (χ3n) is 2.33. The van der Waals surface area contributed by atoms with Crippen LogP contribution in [0.1, 0.15) is 33.6 Å². The SMILES string of the molecule is CCNC(=O)CCNC(=O)CC(N)C(C)C. The Balaban J connectivity index is 3.62. The van der Waals surface area contributed by atoms with Gasteiger partial charge in [0, 0.05) is 32.0 Å². The summed E-state index contributed by atoms with van der Waals surface area (Å²) in [4.78, 5) is 22.4. The predicted octanol–water partition coefficient (Wildman–Crippen LogP) is 0.00220. The van der Waals surface area contributed by atoms with Gasteiger partial charge in [0.25, 0.3) is 0 Å². The molecular weight excluding hydrogens is 206 g/mol. The number of nitrogens with one attached hydrogen (secondary N) is 2. The van der Waals surface area contributed by atoms with Gasteiger partial charge in [-0.25, -0.2) is 0 Å². The van der Waals surface area contributed by atoms with Crippen molar-refractivity contribution in [3.63, 3.8) is 0 Å². The number of carbonyl (C=O) groups excluding carboxylic acids is 2. The van der Waals surface area contributed by atoms with E-state index in [0.717, 1.165) is 0 Å². The third kappa shape index (κ3) is 7.23. The first kappa shape index (κ1) is 14.9. The lowest BCUT2D eigenvalue weighted by molar-refractivity contribution is -0.122. The fourth-order valence-electron chi connectivity index (χ4n) is 1.12. The average molecular weight is 229 g/mol. The van der Waals surface area contributed by atoms with Gasteiger partial charge < -0.3 is 16.4 Å². The Morgan fingerprint density at radius 1 is 1.19 bits per heavy atom. The lowest BCUT2D eigenvalue weighted by Gasteiger charge is -2.14. The quantitative estimate of drug-likeness (QED) is 0.574. The third-order valence-corrected chi connectivity index (χ3v) is 2.33. The van der Waals surface area contributed by atoms with Gasteiger partial charge in [-0.1, -0.05) is 13.8 Å². The van der Waals surface area contributed by atoms with E-state index < -0.39 is 0 Å². The summed E-state index contributed by atoms with van der Waals surface area (Å²) in [6.45, 7) is 6.80. The van der Waals surface area contributed by atoms with Crippen molar-refractivity contribution in [2.75, 3.05) is 13.1 Å². The van der Waals surface area contributed by atoms with Crippen molar-refractivity contribution in [2.45, 2.75) is 39.7 Å². The molecular formula is C11H23N3O2. The highest BCUT2D eigenvalue weighted by Gasteiger charge is 2.12. The van der Waals surface area contributed by atoms with Gasteiger partial charge in [0.2, 0.25) is 11.8 Å². The van der Waals surface area contributed by atoms with Crippen molar-refractivity contribution < 1.29 is 9.59 Å². The molecule has 0 aliphatic heterocycles. The van der Waals surface area contributed by atoms with E-state index in [1.807, 2.05) is 20.8 Å². The summed E-state index contributed by atoms with van der Waals surface area (Å²) in [6.07, 6.45) is 0.629. The maximum absolute atomic E-state index is 11.4. The normalized spacial score (nSPS) is 12.3. The highest BCUT2D eigenvalue weighted by atomic mass is 16.2. The van der Waals surface area contributed by atoms with E-state index in [-0.39, 0.29) is 23.8 Å². The van der Waals surface area contributed by atoms with Gasteiger partial charge in [0.1, 0.15) is 0 Å². The summed E-state index contributed by atoms with van der Waals surface area (Å²) in [6, 6.07) is -0.121. The zero-order valence-corrected chi connectivity index (χ0v) is 10.4. The zero-order valence-electron chi connectivity index (χ0n) is 10.4. The number of amides is 2. The largest absolute Gasteiger partial charge is 0.356 e. The molecule has 4 N–H and O–H groups in total. The Hall–Kier alpha value is -1.10. The van der Waals surface area contributed by atoms with Gasteiger partial charge >= 0.3 is 0 Å². The van der Waals surface area contributed by atoms with E-state index in [9.17, 15) is 9.59 Å². The molecule has 0 spiro atoms. The van der Waals surface area contributed by atoms with Gasteiger partial charge in [0.05, 0.1) is 0 Å². The van der Waals surface area contributed by atoms with Gasteiger partial charge in [-0.2, -0.15) is 0 Å². The molecule has 1 unspecified atom stereocenters. The Bertz CT molecular complexity index is 229. The minimum absolute atomic E-state index is 0.0454. The van der Waals surface area contributed by atoms with Crippen LogP contribution in [0.3, 0.4) is 0 Å². The standard InChI is InChI=1S/C11H23N3O2/c1-4-13-10(15)5-6-14-11(16)7-9(12)8(2)3/h8-9H,4-7,12H2,1-3H3,(H,13,15)(H,14,16). The first-order valence-corrected chi connectivity index (χ1v) is 5.76. The molecule has 0 heterocycles. The number of nitrogens with two attached hydrogens (primary N) is 1. The molecule has 5 nitrogen and oxygen atoms in total. The molecule has 0 saturated heterocycles. The van der Waals surface area contributed by atoms with E-state index in [4.69, 9.17) is 5.73 Å². The van der Waals surface area contributed by atoms with Crippen molar-refractivity contribution in [3.8, 4) is 0 Å². The molecule has 94 valence electrons. The lowest BCUT2D eigenvalue weighted by atomic mass is 10.0. The maximum atomic E-state index is 11.4. The fraction of sp³-hybridized carbons (Fsp3) is 0.818. The molecule has 0 fully saturated rings. The number of hydrogen-bond acceptors (Lipinski definition) is 3. The first-order valence-electron chi connectivity index (χ1n) is 5.76. The molecule has 0 saturated carbocycles. The van der Waals surface area contributed by atoms with Gasteiger partial charge in [-0.15, -0.1) is 0 Å². The van der Waals surface area contributed by atoms with Crippen LogP contribution in [0.15, 0.2) is 0 Å². The van der Waals surface area contributed by atoms with Crippen LogP contribution in [0.5, 0.6) is 0 Å². The summed E-state index contributed by atoms with van der Waals surface area (Å²) in [7, 11) is 0. The van der Waals surface area contributed by atoms with Crippen molar-refractivity contribution in [2.24, 2.45) is 11.7 Å². The highest BCUT2D eigenvalue weighted by Crippen LogP contribution is 2.02. The van der Waals surface area contributed by atoms with E-state index in [1.165, 1.54) is 0 Å². The molecule has 0 aromatic rings. The van der Waals surface area contributed by atoms with Crippen molar-refractivity contribution in [1.82, 2.24) is 10.6 Å². The topological polar surface area (TPSA) is 84.2 Å². The van der Waals surface area contributed by atoms with Gasteiger partial charge in [-0.3, -0.25) is 9.59 Å². The lowest BCUT2D eigenvalue weighted by Crippen LogP contribution is -2.36. The van der Waals surface area contributed by atoms with Crippen LogP contribution >= 0.6 is 0 Å². The van der Waals surface area contributed by atoms with Crippen molar-refractivity contribution >= 4 is 11.8 Å². The molecule has 0 bridgehead atoms. The predicted molar refractivity (Wildman–Crippen MR) is 63.7 cm³/mol. The fourth-order valence-corrected chi connectivity index (χ4v) is 1.12. The molecule has 0 aromatic carbocycles. The molecule has 0 radical (unpaired) electrons. The Morgan fingerprint density at radius 3 is 2.31 bits per heavy atom. The average Bonchev–Trinajstić information content (AvgIpc) is 2.17. The Kier molecular flexibility index (Phi) is 7.54. The second-order valence-corrected chi connectivity index (χ2v) is 4.17. The van der Waals surface area contributed by atoms with E-state index >= 15 is 0 Å². The van der Waals surface area contributed by atoms with Crippen molar-refractivity contribution in [1.29, 1.82) is 0 Å². The summed E-state index contributed by atoms with van der Waals surface area (Å²) < 4.78 is 0. The molecule has 5 heteroatoms. The Labute approximate surface area is 97.2 Å². The Morgan fingerprint density at radius 2 is 1.81 bits per heavy atom. The van der Waals surface area contributed by atoms with E-state index in [1.54, 1.807) is 0 Å². The second kappa shape index (κ2) is 8.10. The number of rotatable bonds is 7. The minimum Gasteiger partial charge on any atom is -0.356 e. The van der Waals surface area contributed by atoms with Crippen LogP contribution in [0.25, 0.3) is 0 Å². The summed E-state index contributed by atoms with van der Waals surface area (Å²) >= 11 is 0. The van der Waals surface area contributed by atoms with E-state index in [2.05, 4.69) is 10.6 Å². The monoisotopic (exact) mass is 229 g/mol. The number of carbonyl (C=O) groups is 2. The van der Waals surface area contributed by atoms with Crippen molar-refractivity contribution in [3.05, 3.63) is 0 Å². The van der Waals surface area contributed by atoms with Crippen LogP contribution in [0, 0.1) is 5.92 Å². The van der Waals surface area contributed by atoms with Crippen LogP contribution in [0.4, 0.5) is 0 Å². The molecule has 0 aromatic heterocycles. The molecule has 2 amide bonds. The van der Waals surface area contributed by atoms with Crippen LogP contribution < -0.4 is 16.4 Å². The van der Waals surface area contributed by atoms with Crippen LogP contribution in [-0.4, -0.2) is 30.9 Å². The summed E-state index contributed by atoms with van der Waals surface area (Å²) in [5.74, 6) is 0.149. The first-order chi connectivity index (χ1) is 7.47. The summed E-state index contributed by atoms with van der Waals surface area (Å²) in [5.41, 5.74) is 5.76. The summed E-state index contributed by atoms with van der Waals surface area (Å²) in [5, 5.41) is 5.34. The maximum Gasteiger partial charge on any atom is 0.221 e. The zero-order chi connectivity index (χ0) is 12.6. The van der Waals surface area contributed by atoms with Crippen LogP contribution in [0.2, 0.25) is 0 Å². The smallest absolute Gasteiger partial charge is 0.221 e. The molecule has 0 rings (SSSR count). The second-order valence-electron chi connectivity index (χ2n) is 4.17. The van der Waals surface area contributed by atoms with E-state index in [0.29, 0.717) is 25.9 Å². The van der Waals surface area contributed by atoms with Gasteiger partial charge in [0.15, 0.2) is 0 Å². The molecule has 0 aliphatic rings. The molecule has 1 atom stereocenters. The highest BCUT2D eigenvalue weighted by molar-refractivity contribution is 5.79. The molecule has 0 aliphatic carbocycles. The van der Waals surface area contributed by atoms with Gasteiger partial charge in [-0.05, 0) is 12.8 Å².